The van der Waals surface area contributed by atoms with Crippen LogP contribution >= 0.6 is 22.7 Å². The van der Waals surface area contributed by atoms with Crippen LogP contribution in [0.4, 0.5) is 15.5 Å². The molecule has 0 bridgehead atoms. The van der Waals surface area contributed by atoms with Crippen molar-refractivity contribution < 1.29 is 9.18 Å². The third kappa shape index (κ3) is 3.74. The van der Waals surface area contributed by atoms with Gasteiger partial charge in [-0.1, -0.05) is 17.4 Å². The summed E-state index contributed by atoms with van der Waals surface area (Å²) in [5.41, 5.74) is 3.44. The summed E-state index contributed by atoms with van der Waals surface area (Å²) in [6.07, 6.45) is 2.67. The number of carbonyl (C=O) groups is 1. The van der Waals surface area contributed by atoms with Crippen LogP contribution in [0.15, 0.2) is 36.1 Å². The molecule has 3 aromatic heterocycles. The van der Waals surface area contributed by atoms with Gasteiger partial charge in [0.1, 0.15) is 10.6 Å². The first-order valence-corrected chi connectivity index (χ1v) is 11.0. The topological polar surface area (TPSA) is 95.9 Å². The fourth-order valence-corrected chi connectivity index (χ4v) is 4.68. The summed E-state index contributed by atoms with van der Waals surface area (Å²) in [6, 6.07) is 5.48. The number of anilines is 2. The number of fused-ring (bicyclic) bond motifs is 1. The lowest BCUT2D eigenvalue weighted by Crippen LogP contribution is -2.46. The summed E-state index contributed by atoms with van der Waals surface area (Å²) >= 11 is 2.71. The molecule has 2 N–H and O–H groups in total. The number of hydrogen-bond acceptors (Lipinski definition) is 9. The minimum atomic E-state index is -0.516. The van der Waals surface area contributed by atoms with E-state index in [9.17, 15) is 9.18 Å². The van der Waals surface area contributed by atoms with Crippen molar-refractivity contribution in [2.45, 2.75) is 0 Å². The molecule has 11 heteroatoms. The highest BCUT2D eigenvalue weighted by atomic mass is 32.1. The molecule has 1 aliphatic rings. The maximum absolute atomic E-state index is 14.4. The molecular formula is C19H16FN7OS2. The number of halogens is 1. The number of amides is 1. The first kappa shape index (κ1) is 19.0. The molecule has 0 atom stereocenters. The normalized spacial score (nSPS) is 14.2. The quantitative estimate of drug-likeness (QED) is 0.502. The van der Waals surface area contributed by atoms with Gasteiger partial charge in [-0.15, -0.1) is 11.3 Å². The van der Waals surface area contributed by atoms with Gasteiger partial charge in [0.25, 0.3) is 5.91 Å². The van der Waals surface area contributed by atoms with Crippen molar-refractivity contribution in [3.05, 3.63) is 46.8 Å². The molecule has 0 radical (unpaired) electrons. The average Bonchev–Trinajstić information content (AvgIpc) is 3.44. The summed E-state index contributed by atoms with van der Waals surface area (Å²) < 4.78 is 15.4. The molecule has 0 saturated carbocycles. The number of thiazole rings is 2. The first-order valence-electron chi connectivity index (χ1n) is 9.26. The van der Waals surface area contributed by atoms with E-state index in [0.29, 0.717) is 28.7 Å². The van der Waals surface area contributed by atoms with Crippen molar-refractivity contribution in [3.63, 3.8) is 0 Å². The molecule has 1 saturated heterocycles. The second-order valence-corrected chi connectivity index (χ2v) is 8.54. The van der Waals surface area contributed by atoms with E-state index >= 15 is 0 Å². The Balaban J connectivity index is 1.37. The van der Waals surface area contributed by atoms with Crippen molar-refractivity contribution >= 4 is 49.9 Å². The smallest absolute Gasteiger partial charge is 0.265 e. The maximum Gasteiger partial charge on any atom is 0.265 e. The highest BCUT2D eigenvalue weighted by molar-refractivity contribution is 7.17. The van der Waals surface area contributed by atoms with Crippen molar-refractivity contribution in [1.82, 2.24) is 30.2 Å². The summed E-state index contributed by atoms with van der Waals surface area (Å²) in [4.78, 5) is 31.8. The van der Waals surface area contributed by atoms with Crippen LogP contribution in [0.2, 0.25) is 0 Å². The van der Waals surface area contributed by atoms with Gasteiger partial charge >= 0.3 is 0 Å². The highest BCUT2D eigenvalue weighted by Gasteiger charge is 2.20. The number of nitrogens with one attached hydrogen (secondary N) is 2. The Labute approximate surface area is 178 Å². The second-order valence-electron chi connectivity index (χ2n) is 6.62. The van der Waals surface area contributed by atoms with Gasteiger partial charge in [0.15, 0.2) is 10.9 Å². The van der Waals surface area contributed by atoms with E-state index in [1.54, 1.807) is 22.7 Å². The molecule has 5 rings (SSSR count). The number of rotatable bonds is 4. The zero-order chi connectivity index (χ0) is 20.5. The van der Waals surface area contributed by atoms with E-state index in [4.69, 9.17) is 0 Å². The molecule has 4 heterocycles. The predicted molar refractivity (Wildman–Crippen MR) is 115 cm³/mol. The summed E-state index contributed by atoms with van der Waals surface area (Å²) in [5.74, 6) is -0.343. The Bertz CT molecular complexity index is 1220. The number of hydrogen-bond donors (Lipinski definition) is 2. The molecule has 30 heavy (non-hydrogen) atoms. The lowest BCUT2D eigenvalue weighted by molar-refractivity contribution is 0.0740. The molecule has 1 fully saturated rings. The van der Waals surface area contributed by atoms with Crippen LogP contribution in [0.3, 0.4) is 0 Å². The third-order valence-corrected chi connectivity index (χ3v) is 6.38. The zero-order valence-corrected chi connectivity index (χ0v) is 17.3. The van der Waals surface area contributed by atoms with Gasteiger partial charge < -0.3 is 15.5 Å². The van der Waals surface area contributed by atoms with Gasteiger partial charge in [-0.3, -0.25) is 4.79 Å². The van der Waals surface area contributed by atoms with E-state index in [0.717, 1.165) is 29.5 Å². The van der Waals surface area contributed by atoms with Crippen molar-refractivity contribution in [3.8, 4) is 11.3 Å². The Kier molecular flexibility index (Phi) is 5.07. The van der Waals surface area contributed by atoms with Crippen molar-refractivity contribution in [2.24, 2.45) is 0 Å². The molecule has 1 aromatic carbocycles. The largest absolute Gasteiger partial charge is 0.335 e. The standard InChI is InChI=1S/C19H16FN7OS2/c20-12-8-22-18(25-16(12)11-1-2-13-14(7-11)29-10-24-13)26-19-23-9-15(30-19)17(28)27-5-3-21-4-6-27/h1-2,7-10,21H,3-6H2,(H,22,23,25,26). The molecule has 1 amide bonds. The fraction of sp³-hybridized carbons (Fsp3) is 0.211. The van der Waals surface area contributed by atoms with E-state index in [2.05, 4.69) is 30.6 Å². The average molecular weight is 442 g/mol. The Morgan fingerprint density at radius 1 is 1.17 bits per heavy atom. The molecule has 4 aromatic rings. The van der Waals surface area contributed by atoms with E-state index in [1.165, 1.54) is 22.7 Å². The number of nitrogens with zero attached hydrogens (tertiary/aromatic N) is 5. The molecule has 152 valence electrons. The Morgan fingerprint density at radius 3 is 2.90 bits per heavy atom. The molecule has 0 spiro atoms. The van der Waals surface area contributed by atoms with Crippen LogP contribution in [0.5, 0.6) is 0 Å². The maximum atomic E-state index is 14.4. The SMILES string of the molecule is O=C(c1cnc(Nc2ncc(F)c(-c3ccc4ncsc4c3)n2)s1)N1CCNCC1. The molecule has 1 aliphatic heterocycles. The van der Waals surface area contributed by atoms with Gasteiger partial charge in [0.2, 0.25) is 5.95 Å². The van der Waals surface area contributed by atoms with Gasteiger partial charge in [0, 0.05) is 31.7 Å². The summed E-state index contributed by atoms with van der Waals surface area (Å²) in [5, 5.41) is 6.68. The zero-order valence-electron chi connectivity index (χ0n) is 15.6. The summed E-state index contributed by atoms with van der Waals surface area (Å²) in [6.45, 7) is 2.92. The van der Waals surface area contributed by atoms with Gasteiger partial charge in [-0.25, -0.2) is 24.3 Å². The third-order valence-electron chi connectivity index (χ3n) is 4.69. The van der Waals surface area contributed by atoms with E-state index < -0.39 is 5.82 Å². The molecule has 8 nitrogen and oxygen atoms in total. The monoisotopic (exact) mass is 441 g/mol. The lowest BCUT2D eigenvalue weighted by Gasteiger charge is -2.26. The highest BCUT2D eigenvalue weighted by Crippen LogP contribution is 2.28. The van der Waals surface area contributed by atoms with E-state index in [-0.39, 0.29) is 17.5 Å². The number of piperazine rings is 1. The number of carbonyl (C=O) groups excluding carboxylic acids is 1. The molecule has 0 unspecified atom stereocenters. The number of aromatic nitrogens is 4. The Morgan fingerprint density at radius 2 is 2.03 bits per heavy atom. The van der Waals surface area contributed by atoms with E-state index in [1.807, 2.05) is 12.1 Å². The van der Waals surface area contributed by atoms with Crippen molar-refractivity contribution in [1.29, 1.82) is 0 Å². The second kappa shape index (κ2) is 8.01. The van der Waals surface area contributed by atoms with Crippen LogP contribution in [0, 0.1) is 5.82 Å². The van der Waals surface area contributed by atoms with Crippen LogP contribution < -0.4 is 10.6 Å². The van der Waals surface area contributed by atoms with Gasteiger partial charge in [0.05, 0.1) is 28.1 Å². The van der Waals surface area contributed by atoms with Crippen LogP contribution in [-0.4, -0.2) is 56.9 Å². The molecular weight excluding hydrogens is 425 g/mol. The van der Waals surface area contributed by atoms with Crippen LogP contribution in [0.25, 0.3) is 21.5 Å². The predicted octanol–water partition coefficient (Wildman–Crippen LogP) is 3.14. The first-order chi connectivity index (χ1) is 14.7. The summed E-state index contributed by atoms with van der Waals surface area (Å²) in [7, 11) is 0. The van der Waals surface area contributed by atoms with Crippen molar-refractivity contribution in [2.75, 3.05) is 31.5 Å². The Hall–Kier alpha value is -3.02. The van der Waals surface area contributed by atoms with Crippen LogP contribution in [0.1, 0.15) is 9.67 Å². The minimum Gasteiger partial charge on any atom is -0.335 e. The van der Waals surface area contributed by atoms with Crippen LogP contribution in [-0.2, 0) is 0 Å². The van der Waals surface area contributed by atoms with Gasteiger partial charge in [-0.2, -0.15) is 0 Å². The fourth-order valence-electron chi connectivity index (χ4n) is 3.18. The molecule has 0 aliphatic carbocycles. The van der Waals surface area contributed by atoms with Gasteiger partial charge in [-0.05, 0) is 12.1 Å². The lowest BCUT2D eigenvalue weighted by atomic mass is 10.1. The minimum absolute atomic E-state index is 0.0411. The number of benzene rings is 1.